The van der Waals surface area contributed by atoms with Gasteiger partial charge in [0.25, 0.3) is 0 Å². The van der Waals surface area contributed by atoms with Crippen molar-refractivity contribution in [3.05, 3.63) is 0 Å². The fourth-order valence-corrected chi connectivity index (χ4v) is 16.7. The third-order valence-corrected chi connectivity index (χ3v) is 13.1. The molecule has 0 unspecified atom stereocenters. The van der Waals surface area contributed by atoms with E-state index in [1.54, 1.807) is 0 Å². The molecule has 0 saturated carbocycles. The van der Waals surface area contributed by atoms with Crippen LogP contribution in [0, 0.1) is 5.41 Å². The molecule has 0 aromatic heterocycles. The molecule has 5 heteroatoms. The molecule has 4 aliphatic heterocycles. The summed E-state index contributed by atoms with van der Waals surface area (Å²) < 4.78 is 2.45. The van der Waals surface area contributed by atoms with E-state index in [0.29, 0.717) is 12.2 Å². The van der Waals surface area contributed by atoms with Gasteiger partial charge in [-0.15, -0.1) is 58.8 Å². The third-order valence-electron chi connectivity index (χ3n) is 2.87. The first kappa shape index (κ1) is 10.9. The normalized spacial score (nSPS) is 59.1. The molecule has 0 aliphatic carbocycles. The molecule has 0 radical (unpaired) electrons. The Morgan fingerprint density at radius 3 is 1.43 bits per heavy atom. The van der Waals surface area contributed by atoms with Crippen molar-refractivity contribution in [2.75, 3.05) is 0 Å². The van der Waals surface area contributed by atoms with Gasteiger partial charge < -0.3 is 0 Å². The highest BCUT2D eigenvalue weighted by Gasteiger charge is 2.64. The van der Waals surface area contributed by atoms with Crippen molar-refractivity contribution in [3.8, 4) is 0 Å². The molecule has 4 aliphatic rings. The van der Waals surface area contributed by atoms with Crippen molar-refractivity contribution < 1.29 is 0 Å². The fraction of sp³-hybridized carbons (Fsp3) is 1.00. The molecule has 0 amide bonds. The van der Waals surface area contributed by atoms with Crippen LogP contribution in [0.3, 0.4) is 0 Å². The first-order valence-electron chi connectivity index (χ1n) is 4.74. The lowest BCUT2D eigenvalue weighted by Crippen LogP contribution is -2.53. The predicted octanol–water partition coefficient (Wildman–Crippen LogP) is 4.72. The molecule has 14 heavy (non-hydrogen) atoms. The van der Waals surface area contributed by atoms with E-state index in [9.17, 15) is 0 Å². The van der Waals surface area contributed by atoms with E-state index < -0.39 is 0 Å². The van der Waals surface area contributed by atoms with Crippen LogP contribution in [0.1, 0.15) is 27.7 Å². The van der Waals surface area contributed by atoms with Crippen LogP contribution in [0.2, 0.25) is 0 Å². The van der Waals surface area contributed by atoms with Crippen molar-refractivity contribution in [2.24, 2.45) is 5.41 Å². The smallest absolute Gasteiger partial charge is 0.108 e. The molecule has 4 fully saturated rings. The van der Waals surface area contributed by atoms with Crippen LogP contribution in [0.5, 0.6) is 0 Å². The van der Waals surface area contributed by atoms with E-state index in [2.05, 4.69) is 86.5 Å². The highest BCUT2D eigenvalue weighted by Crippen LogP contribution is 2.81. The van der Waals surface area contributed by atoms with E-state index in [4.69, 9.17) is 0 Å². The molecular formula is C9H14S5. The van der Waals surface area contributed by atoms with Crippen LogP contribution in [-0.2, 0) is 0 Å². The zero-order chi connectivity index (χ0) is 10.2. The third kappa shape index (κ3) is 1.41. The molecule has 0 spiro atoms. The van der Waals surface area contributed by atoms with Gasteiger partial charge in [0.15, 0.2) is 0 Å². The van der Waals surface area contributed by atoms with E-state index in [1.807, 2.05) is 0 Å². The molecule has 80 valence electrons. The van der Waals surface area contributed by atoms with Crippen molar-refractivity contribution in [2.45, 2.75) is 43.7 Å². The lowest BCUT2D eigenvalue weighted by Gasteiger charge is -2.63. The minimum Gasteiger partial charge on any atom is -0.118 e. The quantitative estimate of drug-likeness (QED) is 0.628. The zero-order valence-electron chi connectivity index (χ0n) is 8.70. The van der Waals surface area contributed by atoms with Gasteiger partial charge in [-0.1, -0.05) is 13.8 Å². The van der Waals surface area contributed by atoms with Crippen molar-refractivity contribution in [1.82, 2.24) is 0 Å². The summed E-state index contributed by atoms with van der Waals surface area (Å²) in [4.78, 5) is 0. The van der Waals surface area contributed by atoms with Gasteiger partial charge in [0.05, 0.1) is 9.16 Å². The maximum absolute atomic E-state index is 2.44. The van der Waals surface area contributed by atoms with E-state index >= 15 is 0 Å². The molecular weight excluding hydrogens is 268 g/mol. The minimum absolute atomic E-state index is 0.427. The van der Waals surface area contributed by atoms with Crippen molar-refractivity contribution in [1.29, 1.82) is 0 Å². The first-order chi connectivity index (χ1) is 6.33. The number of rotatable bonds is 0. The van der Waals surface area contributed by atoms with Crippen LogP contribution < -0.4 is 0 Å². The number of hydrogen-bond donors (Lipinski definition) is 0. The molecule has 0 N–H and O–H groups in total. The molecule has 4 heterocycles. The minimum atomic E-state index is 0.427. The average molecular weight is 283 g/mol. The fourth-order valence-electron chi connectivity index (χ4n) is 2.03. The van der Waals surface area contributed by atoms with E-state index in [0.717, 1.165) is 9.16 Å². The molecule has 0 aromatic carbocycles. The second-order valence-corrected chi connectivity index (χ2v) is 14.9. The Morgan fingerprint density at radius 1 is 0.714 bits per heavy atom. The highest BCUT2D eigenvalue weighted by atomic mass is 32.3. The Morgan fingerprint density at radius 2 is 1.07 bits per heavy atom. The van der Waals surface area contributed by atoms with E-state index in [-0.39, 0.29) is 0 Å². The zero-order valence-corrected chi connectivity index (χ0v) is 12.8. The van der Waals surface area contributed by atoms with Gasteiger partial charge in [-0.25, -0.2) is 0 Å². The molecule has 4 saturated heterocycles. The van der Waals surface area contributed by atoms with Crippen molar-refractivity contribution >= 4 is 58.8 Å². The standard InChI is InChI=1S/C9H14S5/c1-7(2)5-10-8(3)11-6(7)13-9(4,12-5)14-8/h5-6H,1-4H3. The van der Waals surface area contributed by atoms with Crippen LogP contribution in [-0.4, -0.2) is 16.0 Å². The van der Waals surface area contributed by atoms with Crippen molar-refractivity contribution in [3.63, 3.8) is 0 Å². The van der Waals surface area contributed by atoms with E-state index in [1.165, 1.54) is 0 Å². The summed E-state index contributed by atoms with van der Waals surface area (Å²) in [5, 5.41) is 0. The molecule has 0 nitrogen and oxygen atoms in total. The SMILES string of the molecule is CC12SC3SC(C)(SC(S1)C3(C)C)S2. The second-order valence-electron chi connectivity index (χ2n) is 4.78. The van der Waals surface area contributed by atoms with Gasteiger partial charge in [-0.2, -0.15) is 0 Å². The maximum Gasteiger partial charge on any atom is 0.108 e. The van der Waals surface area contributed by atoms with Gasteiger partial charge in [0.1, 0.15) is 6.82 Å². The Labute approximate surface area is 107 Å². The monoisotopic (exact) mass is 282 g/mol. The summed E-state index contributed by atoms with van der Waals surface area (Å²) in [5.41, 5.74) is 0.491. The Hall–Kier alpha value is 1.75. The van der Waals surface area contributed by atoms with Crippen LogP contribution in [0.25, 0.3) is 0 Å². The largest absolute Gasteiger partial charge is 0.118 e. The molecule has 0 aromatic rings. The summed E-state index contributed by atoms with van der Waals surface area (Å²) in [7, 11) is 0. The van der Waals surface area contributed by atoms with Crippen LogP contribution in [0.15, 0.2) is 0 Å². The van der Waals surface area contributed by atoms with Crippen LogP contribution >= 0.6 is 58.8 Å². The van der Waals surface area contributed by atoms with Gasteiger partial charge in [0.2, 0.25) is 0 Å². The summed E-state index contributed by atoms with van der Waals surface area (Å²) in [6, 6.07) is 0. The first-order valence-corrected chi connectivity index (χ1v) is 9.08. The van der Waals surface area contributed by atoms with Gasteiger partial charge >= 0.3 is 0 Å². The summed E-state index contributed by atoms with van der Waals surface area (Å²) >= 11 is 10.9. The lowest BCUT2D eigenvalue weighted by atomic mass is 9.99. The second kappa shape index (κ2) is 2.95. The molecule has 4 rings (SSSR count). The summed E-state index contributed by atoms with van der Waals surface area (Å²) in [6.45, 7) is 9.72. The summed E-state index contributed by atoms with van der Waals surface area (Å²) in [5.74, 6) is 0. The predicted molar refractivity (Wildman–Crippen MR) is 76.1 cm³/mol. The van der Waals surface area contributed by atoms with Crippen LogP contribution in [0.4, 0.5) is 0 Å². The highest BCUT2D eigenvalue weighted by molar-refractivity contribution is 8.54. The average Bonchev–Trinajstić information content (AvgIpc) is 1.96. The number of hydrogen-bond acceptors (Lipinski definition) is 5. The molecule has 0 atom stereocenters. The Kier molecular flexibility index (Phi) is 2.29. The maximum atomic E-state index is 2.44. The number of thioether (sulfide) groups is 5. The van der Waals surface area contributed by atoms with Gasteiger partial charge in [-0.3, -0.25) is 0 Å². The lowest BCUT2D eigenvalue weighted by molar-refractivity contribution is 0.440. The molecule has 4 bridgehead atoms. The van der Waals surface area contributed by atoms with Gasteiger partial charge in [-0.05, 0) is 13.8 Å². The topological polar surface area (TPSA) is 0 Å². The Bertz CT molecular complexity index is 249. The Balaban J connectivity index is 2.03. The van der Waals surface area contributed by atoms with Gasteiger partial charge in [0, 0.05) is 5.41 Å². The summed E-state index contributed by atoms with van der Waals surface area (Å²) in [6.07, 6.45) is 0.